The minimum Gasteiger partial charge on any atom is -0.365 e. The first kappa shape index (κ1) is 12.6. The van der Waals surface area contributed by atoms with Crippen LogP contribution in [0.3, 0.4) is 0 Å². The molecule has 2 heteroatoms. The Morgan fingerprint density at radius 1 is 1.35 bits per heavy atom. The Morgan fingerprint density at radius 3 is 2.65 bits per heavy atom. The van der Waals surface area contributed by atoms with Crippen molar-refractivity contribution in [3.05, 3.63) is 34.9 Å². The molecule has 2 atom stereocenters. The molecule has 17 heavy (non-hydrogen) atoms. The van der Waals surface area contributed by atoms with E-state index in [0.29, 0.717) is 0 Å². The minimum absolute atomic E-state index is 0.0231. The van der Waals surface area contributed by atoms with E-state index < -0.39 is 6.29 Å². The molecule has 0 fully saturated rings. The van der Waals surface area contributed by atoms with E-state index >= 15 is 0 Å². The van der Waals surface area contributed by atoms with Gasteiger partial charge in [-0.2, -0.15) is 0 Å². The average Bonchev–Trinajstić information content (AvgIpc) is 2.13. The highest BCUT2D eigenvalue weighted by Gasteiger charge is 2.34. The number of aliphatic hydroxyl groups excluding tert-OH is 1. The monoisotopic (exact) mass is 234 g/mol. The number of hydrogen-bond acceptors (Lipinski definition) is 2. The first-order valence-corrected chi connectivity index (χ1v) is 6.29. The van der Waals surface area contributed by atoms with Crippen molar-refractivity contribution < 1.29 is 9.84 Å². The minimum atomic E-state index is -0.754. The Balaban J connectivity index is 2.31. The van der Waals surface area contributed by atoms with Gasteiger partial charge in [0.25, 0.3) is 0 Å². The van der Waals surface area contributed by atoms with Crippen LogP contribution in [0.2, 0.25) is 0 Å². The fourth-order valence-electron chi connectivity index (χ4n) is 3.00. The summed E-state index contributed by atoms with van der Waals surface area (Å²) in [6.45, 7) is 8.65. The van der Waals surface area contributed by atoms with Gasteiger partial charge in [-0.1, -0.05) is 37.1 Å². The molecule has 2 aliphatic rings. The van der Waals surface area contributed by atoms with Crippen molar-refractivity contribution in [2.45, 2.75) is 52.9 Å². The Labute approximate surface area is 104 Å². The topological polar surface area (TPSA) is 29.5 Å². The Bertz CT molecular complexity index is 399. The van der Waals surface area contributed by atoms with Gasteiger partial charge in [-0.15, -0.1) is 0 Å². The van der Waals surface area contributed by atoms with Gasteiger partial charge in [-0.05, 0) is 38.3 Å². The van der Waals surface area contributed by atoms with E-state index in [0.717, 1.165) is 12.8 Å². The molecule has 94 valence electrons. The van der Waals surface area contributed by atoms with Crippen LogP contribution in [-0.4, -0.2) is 17.5 Å². The lowest BCUT2D eigenvalue weighted by molar-refractivity contribution is -0.104. The lowest BCUT2D eigenvalue weighted by Gasteiger charge is -2.38. The van der Waals surface area contributed by atoms with Crippen molar-refractivity contribution in [2.75, 3.05) is 0 Å². The van der Waals surface area contributed by atoms with Crippen molar-refractivity contribution in [2.24, 2.45) is 5.41 Å². The van der Waals surface area contributed by atoms with Gasteiger partial charge < -0.3 is 9.84 Å². The Hall–Kier alpha value is -0.860. The molecule has 0 radical (unpaired) electrons. The van der Waals surface area contributed by atoms with E-state index in [1.54, 1.807) is 6.08 Å². The second kappa shape index (κ2) is 4.43. The van der Waals surface area contributed by atoms with E-state index in [9.17, 15) is 5.11 Å². The summed E-state index contributed by atoms with van der Waals surface area (Å²) in [7, 11) is 0. The van der Waals surface area contributed by atoms with Crippen molar-refractivity contribution in [3.63, 3.8) is 0 Å². The highest BCUT2D eigenvalue weighted by atomic mass is 16.6. The van der Waals surface area contributed by atoms with Crippen LogP contribution in [0.25, 0.3) is 0 Å². The fourth-order valence-corrected chi connectivity index (χ4v) is 3.00. The summed E-state index contributed by atoms with van der Waals surface area (Å²) in [4.78, 5) is 0. The second-order valence-corrected chi connectivity index (χ2v) is 5.75. The third kappa shape index (κ3) is 2.53. The maximum Gasteiger partial charge on any atom is 0.175 e. The lowest BCUT2D eigenvalue weighted by Crippen LogP contribution is -2.34. The normalized spacial score (nSPS) is 32.6. The van der Waals surface area contributed by atoms with Gasteiger partial charge in [0.05, 0.1) is 6.10 Å². The summed E-state index contributed by atoms with van der Waals surface area (Å²) < 4.78 is 5.69. The molecule has 1 aliphatic heterocycles. The molecular weight excluding hydrogens is 212 g/mol. The van der Waals surface area contributed by atoms with Crippen LogP contribution in [0.15, 0.2) is 34.9 Å². The van der Waals surface area contributed by atoms with E-state index in [4.69, 9.17) is 4.74 Å². The van der Waals surface area contributed by atoms with Gasteiger partial charge in [0, 0.05) is 5.41 Å². The molecule has 1 heterocycles. The standard InChI is InChI=1S/C15H22O2/c1-10-8-12(17-13(16)9-10)14-11(2)6-5-7-15(14,3)4/h5,7,9,12-13,16H,6,8H2,1-4H3. The van der Waals surface area contributed by atoms with Crippen LogP contribution in [0.5, 0.6) is 0 Å². The predicted molar refractivity (Wildman–Crippen MR) is 69.5 cm³/mol. The summed E-state index contributed by atoms with van der Waals surface area (Å²) in [5.74, 6) is 0. The van der Waals surface area contributed by atoms with Gasteiger partial charge in [0.2, 0.25) is 0 Å². The molecule has 0 aromatic rings. The van der Waals surface area contributed by atoms with Gasteiger partial charge in [-0.25, -0.2) is 0 Å². The first-order valence-electron chi connectivity index (χ1n) is 6.29. The van der Waals surface area contributed by atoms with Gasteiger partial charge in [0.1, 0.15) is 0 Å². The molecule has 0 saturated heterocycles. The molecule has 0 aromatic heterocycles. The van der Waals surface area contributed by atoms with Crippen molar-refractivity contribution in [1.29, 1.82) is 0 Å². The van der Waals surface area contributed by atoms with Crippen LogP contribution >= 0.6 is 0 Å². The van der Waals surface area contributed by atoms with Crippen LogP contribution < -0.4 is 0 Å². The summed E-state index contributed by atoms with van der Waals surface area (Å²) in [6, 6.07) is 0. The van der Waals surface area contributed by atoms with Crippen LogP contribution in [0.1, 0.15) is 40.5 Å². The number of hydrogen-bond donors (Lipinski definition) is 1. The van der Waals surface area contributed by atoms with E-state index in [1.165, 1.54) is 16.7 Å². The van der Waals surface area contributed by atoms with Gasteiger partial charge in [0.15, 0.2) is 6.29 Å². The average molecular weight is 234 g/mol. The molecule has 0 bridgehead atoms. The molecule has 0 spiro atoms. The van der Waals surface area contributed by atoms with Crippen LogP contribution in [0.4, 0.5) is 0 Å². The van der Waals surface area contributed by atoms with E-state index in [2.05, 4.69) is 39.8 Å². The highest BCUT2D eigenvalue weighted by molar-refractivity contribution is 5.35. The van der Waals surface area contributed by atoms with Crippen molar-refractivity contribution in [1.82, 2.24) is 0 Å². The SMILES string of the molecule is CC1=CC(O)OC(C2=C(C)CC=CC2(C)C)C1. The Morgan fingerprint density at radius 2 is 2.06 bits per heavy atom. The van der Waals surface area contributed by atoms with Gasteiger partial charge in [-0.3, -0.25) is 0 Å². The number of aliphatic hydroxyl groups is 1. The molecule has 1 aliphatic carbocycles. The van der Waals surface area contributed by atoms with E-state index in [1.807, 2.05) is 0 Å². The molecule has 2 unspecified atom stereocenters. The second-order valence-electron chi connectivity index (χ2n) is 5.75. The molecule has 2 rings (SSSR count). The number of ether oxygens (including phenoxy) is 1. The number of allylic oxidation sites excluding steroid dienone is 3. The zero-order chi connectivity index (χ0) is 12.6. The first-order chi connectivity index (χ1) is 7.90. The smallest absolute Gasteiger partial charge is 0.175 e. The van der Waals surface area contributed by atoms with Crippen LogP contribution in [0, 0.1) is 5.41 Å². The maximum absolute atomic E-state index is 9.70. The largest absolute Gasteiger partial charge is 0.365 e. The summed E-state index contributed by atoms with van der Waals surface area (Å²) in [5, 5.41) is 9.70. The highest BCUT2D eigenvalue weighted by Crippen LogP contribution is 2.41. The summed E-state index contributed by atoms with van der Waals surface area (Å²) >= 11 is 0. The van der Waals surface area contributed by atoms with Gasteiger partial charge >= 0.3 is 0 Å². The van der Waals surface area contributed by atoms with E-state index in [-0.39, 0.29) is 11.5 Å². The molecule has 0 saturated carbocycles. The lowest BCUT2D eigenvalue weighted by atomic mass is 9.73. The molecule has 1 N–H and O–H groups in total. The Kier molecular flexibility index (Phi) is 3.28. The zero-order valence-electron chi connectivity index (χ0n) is 11.2. The number of rotatable bonds is 1. The zero-order valence-corrected chi connectivity index (χ0v) is 11.2. The third-order valence-corrected chi connectivity index (χ3v) is 3.67. The van der Waals surface area contributed by atoms with Crippen molar-refractivity contribution in [3.8, 4) is 0 Å². The quantitative estimate of drug-likeness (QED) is 0.705. The molecule has 0 amide bonds. The molecule has 2 nitrogen and oxygen atoms in total. The maximum atomic E-state index is 9.70. The van der Waals surface area contributed by atoms with Crippen LogP contribution in [-0.2, 0) is 4.74 Å². The summed E-state index contributed by atoms with van der Waals surface area (Å²) in [6.07, 6.45) is 7.42. The third-order valence-electron chi connectivity index (χ3n) is 3.67. The fraction of sp³-hybridized carbons (Fsp3) is 0.600. The molecule has 0 aromatic carbocycles. The van der Waals surface area contributed by atoms with Crippen molar-refractivity contribution >= 4 is 0 Å². The molecular formula is C15H22O2. The predicted octanol–water partition coefficient (Wildman–Crippen LogP) is 3.34. The summed E-state index contributed by atoms with van der Waals surface area (Å²) in [5.41, 5.74) is 3.96.